The van der Waals surface area contributed by atoms with E-state index in [-0.39, 0.29) is 0 Å². The Bertz CT molecular complexity index is 569. The van der Waals surface area contributed by atoms with E-state index in [2.05, 4.69) is 21.2 Å². The zero-order chi connectivity index (χ0) is 12.4. The van der Waals surface area contributed by atoms with Gasteiger partial charge in [0.2, 0.25) is 0 Å². The molecule has 3 nitrogen and oxygen atoms in total. The van der Waals surface area contributed by atoms with Crippen LogP contribution in [0.4, 0.5) is 0 Å². The molecule has 2 heterocycles. The molecule has 1 aromatic carbocycles. The molecular formula is C15H15N3. The van der Waals surface area contributed by atoms with Crippen molar-refractivity contribution in [1.29, 1.82) is 0 Å². The second-order valence-electron chi connectivity index (χ2n) is 4.55. The Morgan fingerprint density at radius 3 is 2.78 bits per heavy atom. The largest absolute Gasteiger partial charge is 0.341 e. The number of H-pyrrole nitrogens is 1. The molecule has 2 aromatic rings. The molecule has 1 atom stereocenters. The van der Waals surface area contributed by atoms with Crippen molar-refractivity contribution in [3.63, 3.8) is 0 Å². The highest BCUT2D eigenvalue weighted by Crippen LogP contribution is 2.24. The third-order valence-electron chi connectivity index (χ3n) is 3.35. The Morgan fingerprint density at radius 1 is 1.28 bits per heavy atom. The monoisotopic (exact) mass is 237 g/mol. The highest BCUT2D eigenvalue weighted by atomic mass is 15.0. The van der Waals surface area contributed by atoms with Crippen LogP contribution < -0.4 is 5.32 Å². The summed E-state index contributed by atoms with van der Waals surface area (Å²) < 4.78 is 0. The highest BCUT2D eigenvalue weighted by Gasteiger charge is 2.19. The topological polar surface area (TPSA) is 40.7 Å². The third kappa shape index (κ3) is 2.03. The summed E-state index contributed by atoms with van der Waals surface area (Å²) in [6, 6.07) is 8.32. The molecule has 3 rings (SSSR count). The van der Waals surface area contributed by atoms with E-state index in [0.717, 1.165) is 35.6 Å². The van der Waals surface area contributed by atoms with E-state index >= 15 is 0 Å². The molecule has 0 radical (unpaired) electrons. The number of hydrogen-bond acceptors (Lipinski definition) is 2. The summed E-state index contributed by atoms with van der Waals surface area (Å²) in [5.41, 5.74) is 3.06. The third-order valence-corrected chi connectivity index (χ3v) is 3.35. The van der Waals surface area contributed by atoms with E-state index in [9.17, 15) is 0 Å². The Morgan fingerprint density at radius 2 is 2.11 bits per heavy atom. The van der Waals surface area contributed by atoms with Gasteiger partial charge in [-0.2, -0.15) is 0 Å². The summed E-state index contributed by atoms with van der Waals surface area (Å²) >= 11 is 0. The number of imidazole rings is 1. The first-order valence-electron chi connectivity index (χ1n) is 6.22. The van der Waals surface area contributed by atoms with Gasteiger partial charge < -0.3 is 10.3 Å². The van der Waals surface area contributed by atoms with Crippen LogP contribution in [0.25, 0.3) is 11.3 Å². The molecule has 0 unspecified atom stereocenters. The van der Waals surface area contributed by atoms with Gasteiger partial charge in [0.1, 0.15) is 5.82 Å². The normalized spacial score (nSPS) is 18.7. The fraction of sp³-hybridized carbons (Fsp3) is 0.267. The first kappa shape index (κ1) is 11.1. The lowest BCUT2D eigenvalue weighted by molar-refractivity contribution is 0.613. The molecule has 18 heavy (non-hydrogen) atoms. The number of terminal acetylenes is 1. The molecule has 1 saturated heterocycles. The van der Waals surface area contributed by atoms with Crippen molar-refractivity contribution in [3.8, 4) is 23.6 Å². The molecule has 0 spiro atoms. The Hall–Kier alpha value is -2.05. The zero-order valence-corrected chi connectivity index (χ0v) is 10.1. The smallest absolute Gasteiger partial charge is 0.123 e. The molecular weight excluding hydrogens is 222 g/mol. The quantitative estimate of drug-likeness (QED) is 0.788. The molecule has 1 aliphatic heterocycles. The maximum absolute atomic E-state index is 5.35. The van der Waals surface area contributed by atoms with Crippen molar-refractivity contribution in [1.82, 2.24) is 15.3 Å². The second kappa shape index (κ2) is 4.67. The summed E-state index contributed by atoms with van der Waals surface area (Å²) in [5, 5.41) is 3.44. The van der Waals surface area contributed by atoms with E-state index in [4.69, 9.17) is 6.42 Å². The van der Waals surface area contributed by atoms with Gasteiger partial charge in [-0.15, -0.1) is 6.42 Å². The molecule has 0 aliphatic carbocycles. The van der Waals surface area contributed by atoms with Crippen LogP contribution in [0.2, 0.25) is 0 Å². The second-order valence-corrected chi connectivity index (χ2v) is 4.55. The lowest BCUT2D eigenvalue weighted by Crippen LogP contribution is -2.14. The molecule has 1 aromatic heterocycles. The first-order valence-corrected chi connectivity index (χ1v) is 6.22. The minimum atomic E-state index is 0.378. The van der Waals surface area contributed by atoms with Gasteiger partial charge in [-0.25, -0.2) is 4.98 Å². The number of nitrogens with zero attached hydrogens (tertiary/aromatic N) is 1. The standard InChI is InChI=1S/C15H15N3/c1-2-11-5-7-12(8-6-11)14-10-17-15(18-14)13-4-3-9-16-13/h1,5-8,10,13,16H,3-4,9H2,(H,17,18)/t13-/m0/s1. The van der Waals surface area contributed by atoms with Crippen molar-refractivity contribution in [2.24, 2.45) is 0 Å². The minimum absolute atomic E-state index is 0.378. The first-order chi connectivity index (χ1) is 8.86. The molecule has 0 saturated carbocycles. The molecule has 90 valence electrons. The van der Waals surface area contributed by atoms with Crippen molar-refractivity contribution in [2.75, 3.05) is 6.54 Å². The van der Waals surface area contributed by atoms with Gasteiger partial charge in [0.05, 0.1) is 17.9 Å². The molecule has 0 amide bonds. The van der Waals surface area contributed by atoms with Crippen LogP contribution in [0.15, 0.2) is 30.5 Å². The highest BCUT2D eigenvalue weighted by molar-refractivity contribution is 5.59. The van der Waals surface area contributed by atoms with Crippen molar-refractivity contribution >= 4 is 0 Å². The van der Waals surface area contributed by atoms with Gasteiger partial charge in [-0.05, 0) is 37.1 Å². The Kier molecular flexibility index (Phi) is 2.87. The number of nitrogens with one attached hydrogen (secondary N) is 2. The fourth-order valence-electron chi connectivity index (χ4n) is 2.32. The predicted molar refractivity (Wildman–Crippen MR) is 71.9 cm³/mol. The lowest BCUT2D eigenvalue weighted by Gasteiger charge is -2.05. The van der Waals surface area contributed by atoms with Gasteiger partial charge in [0, 0.05) is 5.56 Å². The Balaban J connectivity index is 1.85. The maximum atomic E-state index is 5.35. The van der Waals surface area contributed by atoms with Gasteiger partial charge in [0.25, 0.3) is 0 Å². The number of benzene rings is 1. The van der Waals surface area contributed by atoms with Crippen LogP contribution in [0, 0.1) is 12.3 Å². The average Bonchev–Trinajstić information content (AvgIpc) is 3.09. The van der Waals surface area contributed by atoms with Gasteiger partial charge in [-0.3, -0.25) is 0 Å². The van der Waals surface area contributed by atoms with Crippen LogP contribution in [0.1, 0.15) is 30.3 Å². The van der Waals surface area contributed by atoms with Crippen LogP contribution in [0.5, 0.6) is 0 Å². The summed E-state index contributed by atoms with van der Waals surface area (Å²) in [5.74, 6) is 3.65. The predicted octanol–water partition coefficient (Wildman–Crippen LogP) is 2.48. The summed E-state index contributed by atoms with van der Waals surface area (Å²) in [7, 11) is 0. The van der Waals surface area contributed by atoms with Gasteiger partial charge in [0.15, 0.2) is 0 Å². The molecule has 1 aliphatic rings. The zero-order valence-electron chi connectivity index (χ0n) is 10.1. The number of hydrogen-bond donors (Lipinski definition) is 2. The SMILES string of the molecule is C#Cc1ccc(-c2cnc([C@@H]3CCCN3)[nH]2)cc1. The average molecular weight is 237 g/mol. The Labute approximate surface area is 107 Å². The van der Waals surface area contributed by atoms with Gasteiger partial charge in [-0.1, -0.05) is 18.1 Å². The van der Waals surface area contributed by atoms with Crippen LogP contribution >= 0.6 is 0 Å². The minimum Gasteiger partial charge on any atom is -0.341 e. The van der Waals surface area contributed by atoms with E-state index in [1.807, 2.05) is 30.5 Å². The number of aromatic nitrogens is 2. The number of rotatable bonds is 2. The summed E-state index contributed by atoms with van der Waals surface area (Å²) in [6.45, 7) is 1.08. The summed E-state index contributed by atoms with van der Waals surface area (Å²) in [6.07, 6.45) is 9.61. The van der Waals surface area contributed by atoms with E-state index in [0.29, 0.717) is 6.04 Å². The van der Waals surface area contributed by atoms with Crippen molar-refractivity contribution < 1.29 is 0 Å². The van der Waals surface area contributed by atoms with Crippen molar-refractivity contribution in [2.45, 2.75) is 18.9 Å². The van der Waals surface area contributed by atoms with Gasteiger partial charge >= 0.3 is 0 Å². The molecule has 0 bridgehead atoms. The van der Waals surface area contributed by atoms with E-state index in [1.165, 1.54) is 6.42 Å². The fourth-order valence-corrected chi connectivity index (χ4v) is 2.32. The molecule has 1 fully saturated rings. The van der Waals surface area contributed by atoms with E-state index in [1.54, 1.807) is 0 Å². The van der Waals surface area contributed by atoms with Crippen LogP contribution in [0.3, 0.4) is 0 Å². The summed E-state index contributed by atoms with van der Waals surface area (Å²) in [4.78, 5) is 7.84. The maximum Gasteiger partial charge on any atom is 0.123 e. The van der Waals surface area contributed by atoms with Crippen LogP contribution in [-0.2, 0) is 0 Å². The van der Waals surface area contributed by atoms with Crippen LogP contribution in [-0.4, -0.2) is 16.5 Å². The van der Waals surface area contributed by atoms with Crippen molar-refractivity contribution in [3.05, 3.63) is 41.9 Å². The number of aromatic amines is 1. The molecule has 2 N–H and O–H groups in total. The van der Waals surface area contributed by atoms with E-state index < -0.39 is 0 Å². The molecule has 3 heteroatoms. The lowest BCUT2D eigenvalue weighted by atomic mass is 10.1.